The van der Waals surface area contributed by atoms with E-state index in [0.717, 1.165) is 6.42 Å². The molecule has 2 saturated heterocycles. The highest BCUT2D eigenvalue weighted by molar-refractivity contribution is 4.86. The molecule has 0 spiro atoms. The van der Waals surface area contributed by atoms with Crippen molar-refractivity contribution >= 4 is 0 Å². The molecule has 5 heteroatoms. The van der Waals surface area contributed by atoms with Crippen LogP contribution in [0.5, 0.6) is 0 Å². The highest BCUT2D eigenvalue weighted by Crippen LogP contribution is 2.35. The third-order valence-corrected chi connectivity index (χ3v) is 3.18. The number of rotatable bonds is 3. The normalized spacial score (nSPS) is 38.7. The van der Waals surface area contributed by atoms with Crippen LogP contribution in [-0.2, 0) is 18.9 Å². The number of aliphatic hydroxyl groups is 1. The fourth-order valence-corrected chi connectivity index (χ4v) is 2.44. The van der Waals surface area contributed by atoms with Crippen LogP contribution in [0.3, 0.4) is 0 Å². The van der Waals surface area contributed by atoms with E-state index < -0.39 is 12.1 Å². The van der Waals surface area contributed by atoms with E-state index in [1.54, 1.807) is 6.92 Å². The van der Waals surface area contributed by atoms with Gasteiger partial charge in [0.2, 0.25) is 0 Å². The second-order valence-corrected chi connectivity index (χ2v) is 5.35. The Morgan fingerprint density at radius 1 is 1.32 bits per heavy atom. The van der Waals surface area contributed by atoms with Gasteiger partial charge in [-0.1, -0.05) is 20.8 Å². The molecule has 5 atom stereocenters. The van der Waals surface area contributed by atoms with Crippen molar-refractivity contribution in [1.82, 2.24) is 0 Å². The van der Waals surface area contributed by atoms with Crippen LogP contribution in [0.4, 0.5) is 0 Å². The second kappa shape index (κ2) is 6.99. The molecule has 0 bridgehead atoms. The molecular weight excluding hydrogens is 248 g/mol. The summed E-state index contributed by atoms with van der Waals surface area (Å²) in [6.07, 6.45) is -0.455. The molecule has 0 amide bonds. The van der Waals surface area contributed by atoms with E-state index in [9.17, 15) is 5.11 Å². The first-order valence-corrected chi connectivity index (χ1v) is 7.18. The molecule has 3 unspecified atom stereocenters. The Hall–Kier alpha value is -0.200. The van der Waals surface area contributed by atoms with E-state index in [2.05, 4.69) is 6.92 Å². The van der Waals surface area contributed by atoms with Gasteiger partial charge in [0.15, 0.2) is 18.4 Å². The van der Waals surface area contributed by atoms with Gasteiger partial charge in [-0.05, 0) is 26.7 Å². The summed E-state index contributed by atoms with van der Waals surface area (Å²) in [6.45, 7) is 12.0. The van der Waals surface area contributed by atoms with Crippen molar-refractivity contribution in [3.63, 3.8) is 0 Å². The van der Waals surface area contributed by atoms with Gasteiger partial charge in [-0.2, -0.15) is 0 Å². The smallest absolute Gasteiger partial charge is 0.163 e. The predicted octanol–water partition coefficient (Wildman–Crippen LogP) is 2.27. The Balaban J connectivity index is 0.000000861. The average Bonchev–Trinajstić information content (AvgIpc) is 2.84. The maximum atomic E-state index is 9.18. The van der Waals surface area contributed by atoms with E-state index >= 15 is 0 Å². The summed E-state index contributed by atoms with van der Waals surface area (Å²) in [7, 11) is 0. The van der Waals surface area contributed by atoms with Crippen molar-refractivity contribution in [3.8, 4) is 0 Å². The van der Waals surface area contributed by atoms with E-state index in [0.29, 0.717) is 12.5 Å². The van der Waals surface area contributed by atoms with Gasteiger partial charge in [-0.3, -0.25) is 0 Å². The van der Waals surface area contributed by atoms with Crippen molar-refractivity contribution < 1.29 is 24.1 Å². The van der Waals surface area contributed by atoms with Crippen LogP contribution in [0.2, 0.25) is 0 Å². The molecule has 0 aromatic rings. The van der Waals surface area contributed by atoms with Crippen molar-refractivity contribution in [2.45, 2.75) is 78.5 Å². The summed E-state index contributed by atoms with van der Waals surface area (Å²) in [5, 5.41) is 9.18. The summed E-state index contributed by atoms with van der Waals surface area (Å²) < 4.78 is 22.4. The zero-order valence-corrected chi connectivity index (χ0v) is 12.9. The molecule has 114 valence electrons. The molecule has 0 saturated carbocycles. The Labute approximate surface area is 116 Å². The molecule has 0 aromatic heterocycles. The van der Waals surface area contributed by atoms with Crippen LogP contribution in [0.1, 0.15) is 48.0 Å². The molecule has 2 aliphatic heterocycles. The summed E-state index contributed by atoms with van der Waals surface area (Å²) in [5.41, 5.74) is 0. The highest BCUT2D eigenvalue weighted by Gasteiger charge is 2.45. The minimum atomic E-state index is -0.803. The van der Waals surface area contributed by atoms with Gasteiger partial charge in [0.1, 0.15) is 6.10 Å². The van der Waals surface area contributed by atoms with E-state index in [1.165, 1.54) is 0 Å². The topological polar surface area (TPSA) is 57.2 Å². The lowest BCUT2D eigenvalue weighted by atomic mass is 9.99. The highest BCUT2D eigenvalue weighted by atomic mass is 16.8. The van der Waals surface area contributed by atoms with Crippen molar-refractivity contribution in [2.75, 3.05) is 6.61 Å². The lowest BCUT2D eigenvalue weighted by molar-refractivity contribution is -0.228. The van der Waals surface area contributed by atoms with Gasteiger partial charge in [-0.15, -0.1) is 0 Å². The average molecular weight is 276 g/mol. The van der Waals surface area contributed by atoms with Crippen LogP contribution in [-0.4, -0.2) is 42.3 Å². The summed E-state index contributed by atoms with van der Waals surface area (Å²) in [5.74, 6) is -0.196. The molecule has 0 radical (unpaired) electrons. The quantitative estimate of drug-likeness (QED) is 0.801. The first kappa shape index (κ1) is 16.9. The molecule has 0 aliphatic carbocycles. The third kappa shape index (κ3) is 4.68. The SMILES string of the molecule is CC.CC(O)O[C@@H]1CC(C)C([C@H]2COC(C)(C)O2)O1. The maximum Gasteiger partial charge on any atom is 0.163 e. The van der Waals surface area contributed by atoms with Crippen LogP contribution in [0.25, 0.3) is 0 Å². The first-order chi connectivity index (χ1) is 8.87. The molecule has 5 nitrogen and oxygen atoms in total. The monoisotopic (exact) mass is 276 g/mol. The Morgan fingerprint density at radius 3 is 2.42 bits per heavy atom. The van der Waals surface area contributed by atoms with E-state index in [-0.39, 0.29) is 18.5 Å². The summed E-state index contributed by atoms with van der Waals surface area (Å²) in [6, 6.07) is 0. The lowest BCUT2D eigenvalue weighted by Gasteiger charge is -2.23. The van der Waals surface area contributed by atoms with Gasteiger partial charge in [0, 0.05) is 6.42 Å². The lowest BCUT2D eigenvalue weighted by Crippen LogP contribution is -2.34. The second-order valence-electron chi connectivity index (χ2n) is 5.35. The van der Waals surface area contributed by atoms with Crippen LogP contribution in [0, 0.1) is 5.92 Å². The number of hydrogen-bond acceptors (Lipinski definition) is 5. The summed E-state index contributed by atoms with van der Waals surface area (Å²) in [4.78, 5) is 0. The zero-order chi connectivity index (χ0) is 14.6. The Kier molecular flexibility index (Phi) is 6.20. The molecule has 2 fully saturated rings. The van der Waals surface area contributed by atoms with Crippen LogP contribution >= 0.6 is 0 Å². The predicted molar refractivity (Wildman–Crippen MR) is 71.5 cm³/mol. The van der Waals surface area contributed by atoms with Crippen molar-refractivity contribution in [3.05, 3.63) is 0 Å². The fourth-order valence-electron chi connectivity index (χ4n) is 2.44. The molecule has 2 rings (SSSR count). The van der Waals surface area contributed by atoms with Gasteiger partial charge < -0.3 is 24.1 Å². The molecule has 2 aliphatic rings. The van der Waals surface area contributed by atoms with Crippen molar-refractivity contribution in [2.24, 2.45) is 5.92 Å². The molecular formula is C14H28O5. The molecule has 2 heterocycles. The summed E-state index contributed by atoms with van der Waals surface area (Å²) >= 11 is 0. The number of ether oxygens (including phenoxy) is 4. The largest absolute Gasteiger partial charge is 0.368 e. The van der Waals surface area contributed by atoms with E-state index in [1.807, 2.05) is 27.7 Å². The number of hydrogen-bond donors (Lipinski definition) is 1. The van der Waals surface area contributed by atoms with Gasteiger partial charge in [0.05, 0.1) is 12.7 Å². The van der Waals surface area contributed by atoms with Gasteiger partial charge >= 0.3 is 0 Å². The zero-order valence-electron chi connectivity index (χ0n) is 12.9. The van der Waals surface area contributed by atoms with Crippen molar-refractivity contribution in [1.29, 1.82) is 0 Å². The fraction of sp³-hybridized carbons (Fsp3) is 1.00. The van der Waals surface area contributed by atoms with Crippen LogP contribution < -0.4 is 0 Å². The Bertz CT molecular complexity index is 267. The standard InChI is InChI=1S/C12H22O5.C2H6/c1-7-5-10(15-8(2)13)16-11(7)9-6-14-12(3,4)17-9;1-2/h7-11,13H,5-6H2,1-4H3;1-2H3/t7?,8?,9-,10+,11?;/m1./s1. The molecule has 0 aromatic carbocycles. The number of aliphatic hydroxyl groups excluding tert-OH is 1. The van der Waals surface area contributed by atoms with Crippen LogP contribution in [0.15, 0.2) is 0 Å². The molecule has 19 heavy (non-hydrogen) atoms. The maximum absolute atomic E-state index is 9.18. The van der Waals surface area contributed by atoms with E-state index in [4.69, 9.17) is 18.9 Å². The first-order valence-electron chi connectivity index (χ1n) is 7.18. The minimum Gasteiger partial charge on any atom is -0.368 e. The Morgan fingerprint density at radius 2 is 1.95 bits per heavy atom. The molecule has 1 N–H and O–H groups in total. The third-order valence-electron chi connectivity index (χ3n) is 3.18. The van der Waals surface area contributed by atoms with Gasteiger partial charge in [0.25, 0.3) is 0 Å². The minimum absolute atomic E-state index is 0.0273. The van der Waals surface area contributed by atoms with Gasteiger partial charge in [-0.25, -0.2) is 0 Å².